The number of nitrogens with two attached hydrogens (primary N) is 1. The summed E-state index contributed by atoms with van der Waals surface area (Å²) in [7, 11) is 10.7. The van der Waals surface area contributed by atoms with Gasteiger partial charge in [-0.3, -0.25) is 0 Å². The summed E-state index contributed by atoms with van der Waals surface area (Å²) in [5, 5.41) is 0. The molecule has 1 atom stereocenters. The molecule has 0 fully saturated rings. The first kappa shape index (κ1) is 9.09. The molecule has 0 saturated heterocycles. The summed E-state index contributed by atoms with van der Waals surface area (Å²) in [4.78, 5) is 0. The maximum Gasteiger partial charge on any atom is 0.0657 e. The molecule has 0 saturated carbocycles. The van der Waals surface area contributed by atoms with Gasteiger partial charge in [0.05, 0.1) is 15.7 Å². The monoisotopic (exact) mass is 121 g/mol. The van der Waals surface area contributed by atoms with Crippen molar-refractivity contribution in [2.45, 2.75) is 25.5 Å². The molecule has 0 aliphatic rings. The van der Waals surface area contributed by atoms with E-state index in [1.807, 2.05) is 0 Å². The second-order valence-electron chi connectivity index (χ2n) is 2.27. The molecule has 9 heavy (non-hydrogen) atoms. The Morgan fingerprint density at radius 3 is 2.33 bits per heavy atom. The highest BCUT2D eigenvalue weighted by Crippen LogP contribution is 2.08. The lowest BCUT2D eigenvalue weighted by Gasteiger charge is -2.09. The Hall–Kier alpha value is 0.0899. The normalized spacial score (nSPS) is 13.4. The van der Waals surface area contributed by atoms with Crippen LogP contribution in [0.3, 0.4) is 0 Å². The lowest BCUT2D eigenvalue weighted by molar-refractivity contribution is 0.536. The van der Waals surface area contributed by atoms with E-state index in [1.54, 1.807) is 0 Å². The molecule has 4 radical (unpaired) electrons. The van der Waals surface area contributed by atoms with Gasteiger partial charge in [-0.25, -0.2) is 0 Å². The second-order valence-corrected chi connectivity index (χ2v) is 2.27. The topological polar surface area (TPSA) is 26.0 Å². The summed E-state index contributed by atoms with van der Waals surface area (Å²) in [6.07, 6.45) is 3.55. The lowest BCUT2D eigenvalue weighted by atomic mass is 9.86. The quantitative estimate of drug-likeness (QED) is 0.526. The van der Waals surface area contributed by atoms with Crippen LogP contribution in [0.4, 0.5) is 0 Å². The first-order valence-electron chi connectivity index (χ1n) is 3.45. The summed E-state index contributed by atoms with van der Waals surface area (Å²) in [5.41, 5.74) is 5.40. The van der Waals surface area contributed by atoms with Gasteiger partial charge >= 0.3 is 0 Å². The summed E-state index contributed by atoms with van der Waals surface area (Å²) < 4.78 is 0. The van der Waals surface area contributed by atoms with Crippen LogP contribution in [0, 0.1) is 5.92 Å². The third kappa shape index (κ3) is 4.58. The first-order valence-corrected chi connectivity index (χ1v) is 3.45. The van der Waals surface area contributed by atoms with Crippen LogP contribution >= 0.6 is 0 Å². The van der Waals surface area contributed by atoms with Gasteiger partial charge in [0.2, 0.25) is 0 Å². The van der Waals surface area contributed by atoms with Gasteiger partial charge in [0.25, 0.3) is 0 Å². The van der Waals surface area contributed by atoms with Gasteiger partial charge in [0.1, 0.15) is 0 Å². The standard InChI is InChI=1S/C6H13B2N/c7-3-1-2-6(4-8)5-9/h6H,1-5,9H2. The van der Waals surface area contributed by atoms with E-state index in [4.69, 9.17) is 21.4 Å². The average molecular weight is 121 g/mol. The summed E-state index contributed by atoms with van der Waals surface area (Å²) >= 11 is 0. The predicted octanol–water partition coefficient (Wildman–Crippen LogP) is 0.515. The summed E-state index contributed by atoms with van der Waals surface area (Å²) in [6, 6.07) is 0. The van der Waals surface area contributed by atoms with Crippen LogP contribution < -0.4 is 5.73 Å². The van der Waals surface area contributed by atoms with E-state index in [-0.39, 0.29) is 0 Å². The van der Waals surface area contributed by atoms with Crippen LogP contribution in [0.25, 0.3) is 0 Å². The molecule has 0 rings (SSSR count). The fourth-order valence-corrected chi connectivity index (χ4v) is 0.738. The van der Waals surface area contributed by atoms with E-state index < -0.39 is 0 Å². The van der Waals surface area contributed by atoms with E-state index >= 15 is 0 Å². The molecule has 2 N–H and O–H groups in total. The Bertz CT molecular complexity index is 55.0. The van der Waals surface area contributed by atoms with E-state index in [0.717, 1.165) is 19.2 Å². The third-order valence-corrected chi connectivity index (χ3v) is 1.48. The van der Waals surface area contributed by atoms with Gasteiger partial charge in [0.15, 0.2) is 0 Å². The summed E-state index contributed by atoms with van der Waals surface area (Å²) in [5.74, 6) is 0.480. The van der Waals surface area contributed by atoms with Gasteiger partial charge in [0, 0.05) is 0 Å². The second kappa shape index (κ2) is 6.21. The van der Waals surface area contributed by atoms with Gasteiger partial charge in [-0.2, -0.15) is 0 Å². The SMILES string of the molecule is [B]CCCC(C[B])CN. The predicted molar refractivity (Wildman–Crippen MR) is 42.9 cm³/mol. The van der Waals surface area contributed by atoms with Crippen molar-refractivity contribution in [1.82, 2.24) is 0 Å². The highest BCUT2D eigenvalue weighted by molar-refractivity contribution is 6.09. The zero-order valence-electron chi connectivity index (χ0n) is 5.84. The average Bonchev–Trinajstić information content (AvgIpc) is 1.91. The van der Waals surface area contributed by atoms with Crippen molar-refractivity contribution in [2.75, 3.05) is 6.54 Å². The fourth-order valence-electron chi connectivity index (χ4n) is 0.738. The van der Waals surface area contributed by atoms with Crippen LogP contribution in [0.15, 0.2) is 0 Å². The Balaban J connectivity index is 3.09. The molecule has 0 spiro atoms. The molecule has 0 aliphatic heterocycles. The van der Waals surface area contributed by atoms with Crippen molar-refractivity contribution in [2.24, 2.45) is 11.7 Å². The minimum absolute atomic E-state index is 0.480. The zero-order chi connectivity index (χ0) is 7.11. The van der Waals surface area contributed by atoms with Gasteiger partial charge in [-0.1, -0.05) is 25.5 Å². The maximum absolute atomic E-state index is 5.40. The Morgan fingerprint density at radius 2 is 2.00 bits per heavy atom. The van der Waals surface area contributed by atoms with Crippen LogP contribution in [0.1, 0.15) is 12.8 Å². The molecular formula is C6H13B2N. The molecule has 0 bridgehead atoms. The molecule has 0 heterocycles. The summed E-state index contributed by atoms with van der Waals surface area (Å²) in [6.45, 7) is 0.691. The van der Waals surface area contributed by atoms with Crippen molar-refractivity contribution >= 4 is 15.7 Å². The van der Waals surface area contributed by atoms with Crippen molar-refractivity contribution in [3.63, 3.8) is 0 Å². The van der Waals surface area contributed by atoms with Crippen LogP contribution in [0.5, 0.6) is 0 Å². The van der Waals surface area contributed by atoms with E-state index in [2.05, 4.69) is 0 Å². The van der Waals surface area contributed by atoms with Crippen molar-refractivity contribution in [3.8, 4) is 0 Å². The molecule has 0 aromatic heterocycles. The van der Waals surface area contributed by atoms with E-state index in [0.29, 0.717) is 18.8 Å². The van der Waals surface area contributed by atoms with Crippen molar-refractivity contribution < 1.29 is 0 Å². The van der Waals surface area contributed by atoms with E-state index in [9.17, 15) is 0 Å². The molecule has 48 valence electrons. The fraction of sp³-hybridized carbons (Fsp3) is 1.00. The van der Waals surface area contributed by atoms with Crippen molar-refractivity contribution in [3.05, 3.63) is 0 Å². The van der Waals surface area contributed by atoms with E-state index in [1.165, 1.54) is 0 Å². The molecule has 0 aliphatic carbocycles. The smallest absolute Gasteiger partial charge is 0.0657 e. The highest BCUT2D eigenvalue weighted by atomic mass is 14.5. The largest absolute Gasteiger partial charge is 0.330 e. The molecule has 0 amide bonds. The van der Waals surface area contributed by atoms with Crippen LogP contribution in [-0.2, 0) is 0 Å². The molecule has 1 nitrogen and oxygen atoms in total. The molecular weight excluding hydrogens is 108 g/mol. The van der Waals surface area contributed by atoms with Crippen LogP contribution in [-0.4, -0.2) is 22.2 Å². The molecule has 0 aromatic rings. The molecule has 0 aromatic carbocycles. The molecule has 3 heteroatoms. The lowest BCUT2D eigenvalue weighted by Crippen LogP contribution is -2.13. The van der Waals surface area contributed by atoms with Crippen molar-refractivity contribution in [1.29, 1.82) is 0 Å². The zero-order valence-corrected chi connectivity index (χ0v) is 5.84. The number of hydrogen-bond acceptors (Lipinski definition) is 1. The molecule has 1 unspecified atom stereocenters. The number of hydrogen-bond donors (Lipinski definition) is 1. The minimum atomic E-state index is 0.480. The Labute approximate surface area is 60.2 Å². The third-order valence-electron chi connectivity index (χ3n) is 1.48. The maximum atomic E-state index is 5.40. The van der Waals surface area contributed by atoms with Crippen LogP contribution in [0.2, 0.25) is 12.6 Å². The first-order chi connectivity index (χ1) is 4.35. The minimum Gasteiger partial charge on any atom is -0.330 e. The van der Waals surface area contributed by atoms with Gasteiger partial charge in [-0.15, -0.1) is 0 Å². The Kier molecular flexibility index (Phi) is 6.28. The number of rotatable bonds is 5. The van der Waals surface area contributed by atoms with Gasteiger partial charge < -0.3 is 5.73 Å². The van der Waals surface area contributed by atoms with Gasteiger partial charge in [-0.05, 0) is 12.5 Å². The Morgan fingerprint density at radius 1 is 1.33 bits per heavy atom. The highest BCUT2D eigenvalue weighted by Gasteiger charge is 2.00.